The standard InChI is InChI=1S/2C31H24N2/c1-32(29-16-8-5-13-26(29)23-11-3-2-4-12-23)24-19-21-25(22-20-24)33-30-17-9-6-14-27(30)28-15-7-10-18-31(28)33;1-32(27-13-9-12-24(22-27)23-10-3-2-4-11-23)25-18-20-26(21-19-25)33-30-16-7-5-14-28(30)29-15-6-8-17-31(29)33/h2*2-22H,1H3. The Hall–Kier alpha value is -8.60. The molecule has 0 fully saturated rings. The molecular formula is C62H48N4. The molecule has 0 spiro atoms. The molecule has 10 aromatic carbocycles. The summed E-state index contributed by atoms with van der Waals surface area (Å²) < 4.78 is 4.71. The van der Waals surface area contributed by atoms with Crippen molar-refractivity contribution in [1.29, 1.82) is 0 Å². The minimum Gasteiger partial charge on any atom is -0.345 e. The number of benzene rings is 10. The Balaban J connectivity index is 0.000000146. The molecule has 4 heteroatoms. The molecule has 0 radical (unpaired) electrons. The van der Waals surface area contributed by atoms with Crippen LogP contribution in [0.1, 0.15) is 0 Å². The fourth-order valence-corrected chi connectivity index (χ4v) is 9.49. The van der Waals surface area contributed by atoms with Gasteiger partial charge in [-0.3, -0.25) is 0 Å². The summed E-state index contributed by atoms with van der Waals surface area (Å²) in [6.45, 7) is 0. The molecule has 0 aliphatic heterocycles. The van der Waals surface area contributed by atoms with Crippen LogP contribution in [-0.4, -0.2) is 23.2 Å². The minimum absolute atomic E-state index is 1.16. The highest BCUT2D eigenvalue weighted by atomic mass is 15.1. The van der Waals surface area contributed by atoms with Gasteiger partial charge in [-0.1, -0.05) is 164 Å². The van der Waals surface area contributed by atoms with Crippen molar-refractivity contribution in [1.82, 2.24) is 9.13 Å². The van der Waals surface area contributed by atoms with Gasteiger partial charge in [-0.05, 0) is 108 Å². The van der Waals surface area contributed by atoms with E-state index in [4.69, 9.17) is 0 Å². The van der Waals surface area contributed by atoms with Gasteiger partial charge in [0.1, 0.15) is 0 Å². The molecule has 0 saturated carbocycles. The van der Waals surface area contributed by atoms with E-state index in [0.29, 0.717) is 0 Å². The zero-order chi connectivity index (χ0) is 44.4. The van der Waals surface area contributed by atoms with Gasteiger partial charge in [-0.2, -0.15) is 0 Å². The molecule has 12 rings (SSSR count). The maximum absolute atomic E-state index is 2.35. The Morgan fingerprint density at radius 1 is 0.273 bits per heavy atom. The third-order valence-corrected chi connectivity index (χ3v) is 12.8. The van der Waals surface area contributed by atoms with Crippen LogP contribution in [0.5, 0.6) is 0 Å². The number of hydrogen-bond donors (Lipinski definition) is 0. The SMILES string of the molecule is CN(c1ccc(-n2c3ccccc3c3ccccc32)cc1)c1cccc(-c2ccccc2)c1.CN(c1ccc(-n2c3ccccc3c3ccccc32)cc1)c1ccccc1-c1ccccc1. The highest BCUT2D eigenvalue weighted by Crippen LogP contribution is 2.37. The lowest BCUT2D eigenvalue weighted by Crippen LogP contribution is -2.10. The van der Waals surface area contributed by atoms with Gasteiger partial charge >= 0.3 is 0 Å². The van der Waals surface area contributed by atoms with E-state index < -0.39 is 0 Å². The third-order valence-electron chi connectivity index (χ3n) is 12.8. The summed E-state index contributed by atoms with van der Waals surface area (Å²) in [7, 11) is 4.26. The molecule has 2 aromatic heterocycles. The summed E-state index contributed by atoms with van der Waals surface area (Å²) in [5.74, 6) is 0. The van der Waals surface area contributed by atoms with Gasteiger partial charge in [0.25, 0.3) is 0 Å². The maximum Gasteiger partial charge on any atom is 0.0541 e. The minimum atomic E-state index is 1.16. The van der Waals surface area contributed by atoms with Crippen molar-refractivity contribution in [3.63, 3.8) is 0 Å². The molecule has 0 atom stereocenters. The fourth-order valence-electron chi connectivity index (χ4n) is 9.49. The molecule has 0 aliphatic rings. The van der Waals surface area contributed by atoms with Crippen molar-refractivity contribution in [2.24, 2.45) is 0 Å². The summed E-state index contributed by atoms with van der Waals surface area (Å²) in [4.78, 5) is 4.50. The number of anilines is 4. The van der Waals surface area contributed by atoms with Gasteiger partial charge < -0.3 is 18.9 Å². The Kier molecular flexibility index (Phi) is 10.7. The molecule has 0 aliphatic carbocycles. The summed E-state index contributed by atoms with van der Waals surface area (Å²) >= 11 is 0. The first-order chi connectivity index (χ1) is 32.6. The van der Waals surface area contributed by atoms with Gasteiger partial charge in [0.15, 0.2) is 0 Å². The predicted molar refractivity (Wildman–Crippen MR) is 281 cm³/mol. The van der Waals surface area contributed by atoms with Crippen molar-refractivity contribution < 1.29 is 0 Å². The van der Waals surface area contributed by atoms with Crippen LogP contribution in [-0.2, 0) is 0 Å². The lowest BCUT2D eigenvalue weighted by atomic mass is 10.0. The van der Waals surface area contributed by atoms with Crippen LogP contribution in [0.25, 0.3) is 77.2 Å². The van der Waals surface area contributed by atoms with Gasteiger partial charge in [0.2, 0.25) is 0 Å². The first-order valence-corrected chi connectivity index (χ1v) is 22.6. The molecule has 2 heterocycles. The fraction of sp³-hybridized carbons (Fsp3) is 0.0323. The Labute approximate surface area is 386 Å². The summed E-state index contributed by atoms with van der Waals surface area (Å²) in [5.41, 5.74) is 16.8. The number of para-hydroxylation sites is 5. The van der Waals surface area contributed by atoms with E-state index in [-0.39, 0.29) is 0 Å². The monoisotopic (exact) mass is 848 g/mol. The molecule has 0 unspecified atom stereocenters. The van der Waals surface area contributed by atoms with E-state index in [1.54, 1.807) is 0 Å². The van der Waals surface area contributed by atoms with Crippen LogP contribution >= 0.6 is 0 Å². The number of rotatable bonds is 8. The molecule has 0 N–H and O–H groups in total. The summed E-state index contributed by atoms with van der Waals surface area (Å²) in [6, 6.07) is 90.6. The Bertz CT molecular complexity index is 3500. The molecule has 0 amide bonds. The highest BCUT2D eigenvalue weighted by Gasteiger charge is 2.15. The van der Waals surface area contributed by atoms with E-state index in [0.717, 1.165) is 11.4 Å². The van der Waals surface area contributed by atoms with Crippen LogP contribution in [0.3, 0.4) is 0 Å². The van der Waals surface area contributed by atoms with Gasteiger partial charge in [0, 0.05) is 75.3 Å². The predicted octanol–water partition coefficient (Wildman–Crippen LogP) is 16.4. The average Bonchev–Trinajstić information content (AvgIpc) is 3.92. The average molecular weight is 849 g/mol. The van der Waals surface area contributed by atoms with Crippen LogP contribution in [0.4, 0.5) is 22.7 Å². The maximum atomic E-state index is 2.35. The quantitative estimate of drug-likeness (QED) is 0.151. The van der Waals surface area contributed by atoms with Gasteiger partial charge in [-0.25, -0.2) is 0 Å². The normalized spacial score (nSPS) is 11.2. The third kappa shape index (κ3) is 7.44. The lowest BCUT2D eigenvalue weighted by molar-refractivity contribution is 1.16. The van der Waals surface area contributed by atoms with E-state index >= 15 is 0 Å². The van der Waals surface area contributed by atoms with Crippen LogP contribution < -0.4 is 9.80 Å². The highest BCUT2D eigenvalue weighted by molar-refractivity contribution is 6.10. The van der Waals surface area contributed by atoms with Crippen molar-refractivity contribution in [3.8, 4) is 33.6 Å². The second-order valence-electron chi connectivity index (χ2n) is 16.7. The zero-order valence-electron chi connectivity index (χ0n) is 37.0. The lowest BCUT2D eigenvalue weighted by Gasteiger charge is -2.23. The van der Waals surface area contributed by atoms with Gasteiger partial charge in [-0.15, -0.1) is 0 Å². The molecular weight excluding hydrogens is 801 g/mol. The Morgan fingerprint density at radius 3 is 1.14 bits per heavy atom. The number of fused-ring (bicyclic) bond motifs is 6. The topological polar surface area (TPSA) is 16.3 Å². The molecule has 316 valence electrons. The van der Waals surface area contributed by atoms with Crippen molar-refractivity contribution >= 4 is 66.4 Å². The van der Waals surface area contributed by atoms with E-state index in [1.165, 1.54) is 88.6 Å². The van der Waals surface area contributed by atoms with Crippen molar-refractivity contribution in [3.05, 3.63) is 255 Å². The summed E-state index contributed by atoms with van der Waals surface area (Å²) in [6.07, 6.45) is 0. The molecule has 0 bridgehead atoms. The molecule has 66 heavy (non-hydrogen) atoms. The number of nitrogens with zero attached hydrogens (tertiary/aromatic N) is 4. The van der Waals surface area contributed by atoms with Crippen LogP contribution in [0, 0.1) is 0 Å². The van der Waals surface area contributed by atoms with Crippen molar-refractivity contribution in [2.75, 3.05) is 23.9 Å². The van der Waals surface area contributed by atoms with Crippen molar-refractivity contribution in [2.45, 2.75) is 0 Å². The second-order valence-corrected chi connectivity index (χ2v) is 16.7. The first kappa shape index (κ1) is 40.2. The largest absolute Gasteiger partial charge is 0.345 e. The smallest absolute Gasteiger partial charge is 0.0541 e. The zero-order valence-corrected chi connectivity index (χ0v) is 37.0. The van der Waals surface area contributed by atoms with Crippen LogP contribution in [0.2, 0.25) is 0 Å². The number of aromatic nitrogens is 2. The summed E-state index contributed by atoms with van der Waals surface area (Å²) in [5, 5.41) is 5.14. The second kappa shape index (κ2) is 17.5. The number of hydrogen-bond acceptors (Lipinski definition) is 2. The van der Waals surface area contributed by atoms with Crippen LogP contribution in [0.15, 0.2) is 255 Å². The van der Waals surface area contributed by atoms with E-state index in [1.807, 2.05) is 0 Å². The molecule has 0 saturated heterocycles. The van der Waals surface area contributed by atoms with E-state index in [2.05, 4.69) is 288 Å². The molecule has 4 nitrogen and oxygen atoms in total. The molecule has 12 aromatic rings. The van der Waals surface area contributed by atoms with E-state index in [9.17, 15) is 0 Å². The Morgan fingerprint density at radius 2 is 0.652 bits per heavy atom. The first-order valence-electron chi connectivity index (χ1n) is 22.6. The van der Waals surface area contributed by atoms with Gasteiger partial charge in [0.05, 0.1) is 22.1 Å².